The van der Waals surface area contributed by atoms with Crippen LogP contribution in [-0.4, -0.2) is 71.7 Å². The predicted molar refractivity (Wildman–Crippen MR) is 138 cm³/mol. The van der Waals surface area contributed by atoms with Crippen LogP contribution >= 0.6 is 0 Å². The molecule has 194 valence electrons. The fourth-order valence-electron chi connectivity index (χ4n) is 6.35. The van der Waals surface area contributed by atoms with E-state index in [0.29, 0.717) is 25.3 Å². The molecule has 3 heterocycles. The second-order valence-electron chi connectivity index (χ2n) is 10.7. The third-order valence-electron chi connectivity index (χ3n) is 8.33. The van der Waals surface area contributed by atoms with Gasteiger partial charge in [-0.2, -0.15) is 0 Å². The van der Waals surface area contributed by atoms with Crippen LogP contribution < -0.4 is 10.2 Å². The molecule has 3 amide bonds. The summed E-state index contributed by atoms with van der Waals surface area (Å²) in [5.41, 5.74) is 1.59. The minimum Gasteiger partial charge on any atom is -0.393 e. The highest BCUT2D eigenvalue weighted by atomic mass is 19.1. The molecular formula is C28H37FN4O3. The number of likely N-dealkylation sites (tertiary alicyclic amines) is 1. The van der Waals surface area contributed by atoms with Crippen molar-refractivity contribution >= 4 is 23.2 Å². The molecule has 1 aromatic carbocycles. The van der Waals surface area contributed by atoms with Crippen LogP contribution in [0.15, 0.2) is 36.6 Å². The van der Waals surface area contributed by atoms with Gasteiger partial charge in [0.2, 0.25) is 5.91 Å². The van der Waals surface area contributed by atoms with Crippen molar-refractivity contribution in [1.29, 1.82) is 0 Å². The van der Waals surface area contributed by atoms with E-state index in [0.717, 1.165) is 69.2 Å². The number of hydrogen-bond donors (Lipinski definition) is 2. The molecule has 1 aliphatic carbocycles. The molecule has 0 aromatic heterocycles. The number of rotatable bonds is 4. The number of benzene rings is 1. The molecule has 0 radical (unpaired) electrons. The highest BCUT2D eigenvalue weighted by molar-refractivity contribution is 5.86. The molecule has 0 unspecified atom stereocenters. The van der Waals surface area contributed by atoms with Crippen LogP contribution in [-0.2, 0) is 4.79 Å². The third-order valence-corrected chi connectivity index (χ3v) is 8.33. The van der Waals surface area contributed by atoms with Crippen molar-refractivity contribution in [3.63, 3.8) is 0 Å². The predicted octanol–water partition coefficient (Wildman–Crippen LogP) is 3.89. The molecule has 3 aliphatic heterocycles. The Morgan fingerprint density at radius 1 is 1.19 bits per heavy atom. The zero-order valence-corrected chi connectivity index (χ0v) is 21.1. The number of carbonyl (C=O) groups is 2. The van der Waals surface area contributed by atoms with Crippen LogP contribution in [0.4, 0.5) is 14.9 Å². The van der Waals surface area contributed by atoms with Gasteiger partial charge in [0, 0.05) is 45.0 Å². The maximum atomic E-state index is 15.4. The van der Waals surface area contributed by atoms with Gasteiger partial charge in [-0.05, 0) is 75.1 Å². The molecule has 1 aromatic rings. The molecule has 8 heteroatoms. The van der Waals surface area contributed by atoms with E-state index in [4.69, 9.17) is 0 Å². The topological polar surface area (TPSA) is 76.1 Å². The summed E-state index contributed by atoms with van der Waals surface area (Å²) in [5.74, 6) is -0.0916. The summed E-state index contributed by atoms with van der Waals surface area (Å²) in [7, 11) is 0. The first-order chi connectivity index (χ1) is 17.4. The number of nitrogens with one attached hydrogen (secondary N) is 1. The number of allylic oxidation sites excluding steroid dienone is 2. The number of anilines is 1. The van der Waals surface area contributed by atoms with Crippen LogP contribution in [0.3, 0.4) is 0 Å². The fourth-order valence-corrected chi connectivity index (χ4v) is 6.35. The van der Waals surface area contributed by atoms with Crippen LogP contribution in [0.1, 0.15) is 57.4 Å². The van der Waals surface area contributed by atoms with Crippen LogP contribution in [0.2, 0.25) is 0 Å². The zero-order chi connectivity index (χ0) is 25.3. The van der Waals surface area contributed by atoms with Crippen molar-refractivity contribution in [3.05, 3.63) is 47.9 Å². The van der Waals surface area contributed by atoms with E-state index in [9.17, 15) is 14.7 Å². The standard InChI is InChI=1S/C28H37FN4O3/c1-2-30-27(36)31-14-3-5-21(18-31)20-6-11-25(24(29)17-20)32-15-4-12-28(19-32)13-16-33(26(28)35)22-7-9-23(34)10-8-22/h3,5-6,11,17-18,22-23,34H,2,4,7-10,12-16,19H2,1H3,(H,30,36)/t22?,23?,28-/m0/s1. The zero-order valence-electron chi connectivity index (χ0n) is 21.1. The molecule has 2 saturated heterocycles. The van der Waals surface area contributed by atoms with E-state index in [2.05, 4.69) is 10.2 Å². The summed E-state index contributed by atoms with van der Waals surface area (Å²) in [6, 6.07) is 5.29. The molecule has 0 bridgehead atoms. The normalized spacial score (nSPS) is 28.6. The quantitative estimate of drug-likeness (QED) is 0.663. The van der Waals surface area contributed by atoms with Gasteiger partial charge in [0.25, 0.3) is 0 Å². The van der Waals surface area contributed by atoms with Crippen molar-refractivity contribution in [2.24, 2.45) is 5.41 Å². The molecular weight excluding hydrogens is 459 g/mol. The van der Waals surface area contributed by atoms with Crippen molar-refractivity contribution < 1.29 is 19.1 Å². The molecule has 3 fully saturated rings. The summed E-state index contributed by atoms with van der Waals surface area (Å²) < 4.78 is 15.4. The van der Waals surface area contributed by atoms with Crippen LogP contribution in [0, 0.1) is 11.2 Å². The molecule has 36 heavy (non-hydrogen) atoms. The van der Waals surface area contributed by atoms with Gasteiger partial charge >= 0.3 is 6.03 Å². The van der Waals surface area contributed by atoms with Gasteiger partial charge in [0.1, 0.15) is 5.82 Å². The number of hydrogen-bond acceptors (Lipinski definition) is 4. The lowest BCUT2D eigenvalue weighted by Gasteiger charge is -2.41. The maximum absolute atomic E-state index is 15.4. The number of aliphatic hydroxyl groups excluding tert-OH is 1. The Balaban J connectivity index is 1.30. The molecule has 7 nitrogen and oxygen atoms in total. The van der Waals surface area contributed by atoms with Gasteiger partial charge < -0.3 is 20.2 Å². The number of amides is 3. The van der Waals surface area contributed by atoms with Crippen LogP contribution in [0.25, 0.3) is 5.57 Å². The molecule has 2 N–H and O–H groups in total. The average Bonchev–Trinajstić information content (AvgIpc) is 3.19. The minimum atomic E-state index is -0.443. The summed E-state index contributed by atoms with van der Waals surface area (Å²) in [4.78, 5) is 31.5. The van der Waals surface area contributed by atoms with Crippen LogP contribution in [0.5, 0.6) is 0 Å². The van der Waals surface area contributed by atoms with Crippen molar-refractivity contribution in [1.82, 2.24) is 15.1 Å². The third kappa shape index (κ3) is 4.75. The number of piperidine rings is 1. The fraction of sp³-hybridized carbons (Fsp3) is 0.571. The van der Waals surface area contributed by atoms with Gasteiger partial charge in [-0.1, -0.05) is 18.2 Å². The Bertz CT molecular complexity index is 1060. The van der Waals surface area contributed by atoms with Crippen molar-refractivity contribution in [2.45, 2.75) is 64.0 Å². The second-order valence-corrected chi connectivity index (χ2v) is 10.7. The number of halogens is 1. The van der Waals surface area contributed by atoms with E-state index in [-0.39, 0.29) is 29.9 Å². The summed E-state index contributed by atoms with van der Waals surface area (Å²) in [6.45, 7) is 4.94. The van der Waals surface area contributed by atoms with Gasteiger partial charge in [-0.15, -0.1) is 0 Å². The van der Waals surface area contributed by atoms with Gasteiger partial charge in [-0.3, -0.25) is 9.69 Å². The van der Waals surface area contributed by atoms with E-state index < -0.39 is 5.41 Å². The van der Waals surface area contributed by atoms with Gasteiger partial charge in [0.15, 0.2) is 0 Å². The molecule has 1 atom stereocenters. The van der Waals surface area contributed by atoms with E-state index in [1.807, 2.05) is 36.1 Å². The SMILES string of the molecule is CCNC(=O)N1C=C(c2ccc(N3CCC[C@]4(CCN(C5CCC(O)CC5)C4=O)C3)c(F)c2)C=CC1. The average molecular weight is 497 g/mol. The number of urea groups is 1. The summed E-state index contributed by atoms with van der Waals surface area (Å²) >= 11 is 0. The Morgan fingerprint density at radius 2 is 2.00 bits per heavy atom. The molecule has 1 spiro atoms. The van der Waals surface area contributed by atoms with E-state index in [1.54, 1.807) is 11.1 Å². The Labute approximate surface area is 212 Å². The van der Waals surface area contributed by atoms with Crippen molar-refractivity contribution in [3.8, 4) is 0 Å². The smallest absolute Gasteiger partial charge is 0.321 e. The van der Waals surface area contributed by atoms with Gasteiger partial charge in [-0.25, -0.2) is 9.18 Å². The monoisotopic (exact) mass is 496 g/mol. The van der Waals surface area contributed by atoms with E-state index >= 15 is 4.39 Å². The lowest BCUT2D eigenvalue weighted by Crippen LogP contribution is -2.50. The molecule has 4 aliphatic rings. The lowest BCUT2D eigenvalue weighted by molar-refractivity contribution is -0.139. The Kier molecular flexibility index (Phi) is 7.06. The van der Waals surface area contributed by atoms with Gasteiger partial charge in [0.05, 0.1) is 17.2 Å². The summed E-state index contributed by atoms with van der Waals surface area (Å²) in [5, 5.41) is 12.6. The first kappa shape index (κ1) is 24.8. The van der Waals surface area contributed by atoms with E-state index in [1.165, 1.54) is 6.07 Å². The number of carbonyl (C=O) groups excluding carboxylic acids is 2. The minimum absolute atomic E-state index is 0.172. The summed E-state index contributed by atoms with van der Waals surface area (Å²) in [6.07, 6.45) is 11.1. The first-order valence-corrected chi connectivity index (χ1v) is 13.4. The highest BCUT2D eigenvalue weighted by Crippen LogP contribution is 2.44. The molecule has 5 rings (SSSR count). The van der Waals surface area contributed by atoms with Crippen molar-refractivity contribution in [2.75, 3.05) is 37.6 Å². The highest BCUT2D eigenvalue weighted by Gasteiger charge is 2.50. The number of aliphatic hydroxyl groups is 1. The lowest BCUT2D eigenvalue weighted by atomic mass is 9.78. The molecule has 1 saturated carbocycles. The second kappa shape index (κ2) is 10.2. The maximum Gasteiger partial charge on any atom is 0.321 e. The Morgan fingerprint density at radius 3 is 2.75 bits per heavy atom. The number of nitrogens with zero attached hydrogens (tertiary/aromatic N) is 3. The Hall–Kier alpha value is -2.87. The first-order valence-electron chi connectivity index (χ1n) is 13.4. The largest absolute Gasteiger partial charge is 0.393 e.